The maximum absolute atomic E-state index is 4.17. The predicted molar refractivity (Wildman–Crippen MR) is 46.2 cm³/mol. The molecule has 0 spiro atoms. The number of hydrogen-bond donors (Lipinski definition) is 2. The largest absolute Gasteiger partial charge is 0.347 e. The molecule has 1 aromatic rings. The number of nitrogens with zero attached hydrogens (tertiary/aromatic N) is 2. The number of rotatable bonds is 2. The lowest BCUT2D eigenvalue weighted by Crippen LogP contribution is -2.42. The van der Waals surface area contributed by atoms with Crippen LogP contribution < -0.4 is 5.43 Å². The van der Waals surface area contributed by atoms with Gasteiger partial charge in [0.15, 0.2) is 0 Å². The zero-order valence-electron chi connectivity index (χ0n) is 7.08. The molecule has 1 saturated heterocycles. The summed E-state index contributed by atoms with van der Waals surface area (Å²) in [6, 6.07) is 0. The number of aromatic nitrogens is 2. The van der Waals surface area contributed by atoms with Gasteiger partial charge < -0.3 is 4.98 Å². The quantitative estimate of drug-likeness (QED) is 0.673. The number of H-pyrrole nitrogens is 1. The van der Waals surface area contributed by atoms with E-state index in [1.54, 1.807) is 6.20 Å². The molecule has 0 saturated carbocycles. The van der Waals surface area contributed by atoms with Crippen LogP contribution in [0.3, 0.4) is 0 Å². The van der Waals surface area contributed by atoms with Crippen molar-refractivity contribution in [2.24, 2.45) is 0 Å². The van der Waals surface area contributed by atoms with Crippen molar-refractivity contribution in [3.63, 3.8) is 0 Å². The van der Waals surface area contributed by atoms with Crippen molar-refractivity contribution in [2.75, 3.05) is 13.1 Å². The van der Waals surface area contributed by atoms with Crippen molar-refractivity contribution in [2.45, 2.75) is 19.4 Å². The predicted octanol–water partition coefficient (Wildman–Crippen LogP) is 0.510. The van der Waals surface area contributed by atoms with Crippen LogP contribution in [0.4, 0.5) is 0 Å². The molecular formula is C8H14N4. The maximum Gasteiger partial charge on any atom is 0.121 e. The maximum atomic E-state index is 4.17. The van der Waals surface area contributed by atoms with Crippen LogP contribution in [-0.2, 0) is 6.54 Å². The molecule has 0 unspecified atom stereocenters. The molecule has 0 atom stereocenters. The third kappa shape index (κ3) is 1.84. The fourth-order valence-electron chi connectivity index (χ4n) is 1.44. The van der Waals surface area contributed by atoms with E-state index in [9.17, 15) is 0 Å². The van der Waals surface area contributed by atoms with Crippen LogP contribution in [0.25, 0.3) is 0 Å². The van der Waals surface area contributed by atoms with Gasteiger partial charge in [-0.15, -0.1) is 0 Å². The van der Waals surface area contributed by atoms with Crippen molar-refractivity contribution in [3.05, 3.63) is 18.2 Å². The van der Waals surface area contributed by atoms with Crippen LogP contribution in [0.1, 0.15) is 18.7 Å². The Balaban J connectivity index is 1.86. The van der Waals surface area contributed by atoms with E-state index in [-0.39, 0.29) is 0 Å². The second kappa shape index (κ2) is 3.69. The highest BCUT2D eigenvalue weighted by Gasteiger charge is 2.09. The highest BCUT2D eigenvalue weighted by molar-refractivity contribution is 4.86. The summed E-state index contributed by atoms with van der Waals surface area (Å²) in [5, 5.41) is 2.21. The minimum atomic E-state index is 0.882. The first-order valence-electron chi connectivity index (χ1n) is 4.42. The molecule has 2 rings (SSSR count). The van der Waals surface area contributed by atoms with Gasteiger partial charge >= 0.3 is 0 Å². The molecule has 0 aromatic carbocycles. The summed E-state index contributed by atoms with van der Waals surface area (Å²) in [6.07, 6.45) is 6.22. The smallest absolute Gasteiger partial charge is 0.121 e. The second-order valence-electron chi connectivity index (χ2n) is 3.07. The summed E-state index contributed by atoms with van der Waals surface area (Å²) in [5.41, 5.74) is 3.33. The minimum absolute atomic E-state index is 0.882. The number of hydrazine groups is 1. The molecule has 0 amide bonds. The Morgan fingerprint density at radius 1 is 1.50 bits per heavy atom. The Morgan fingerprint density at radius 3 is 3.17 bits per heavy atom. The molecular weight excluding hydrogens is 152 g/mol. The summed E-state index contributed by atoms with van der Waals surface area (Å²) in [6.45, 7) is 3.11. The summed E-state index contributed by atoms with van der Waals surface area (Å²) in [7, 11) is 0. The van der Waals surface area contributed by atoms with Crippen molar-refractivity contribution in [3.8, 4) is 0 Å². The van der Waals surface area contributed by atoms with E-state index >= 15 is 0 Å². The Bertz CT molecular complexity index is 213. The molecule has 1 aliphatic rings. The Kier molecular flexibility index (Phi) is 2.39. The molecule has 2 heterocycles. The summed E-state index contributed by atoms with van der Waals surface area (Å²) in [5.74, 6) is 1.03. The monoisotopic (exact) mass is 166 g/mol. The van der Waals surface area contributed by atoms with Crippen molar-refractivity contribution in [1.29, 1.82) is 0 Å². The molecule has 12 heavy (non-hydrogen) atoms. The highest BCUT2D eigenvalue weighted by atomic mass is 15.5. The third-order valence-corrected chi connectivity index (χ3v) is 2.09. The van der Waals surface area contributed by atoms with E-state index in [0.717, 1.165) is 25.5 Å². The fraction of sp³-hybridized carbons (Fsp3) is 0.625. The van der Waals surface area contributed by atoms with E-state index in [1.165, 1.54) is 12.8 Å². The highest BCUT2D eigenvalue weighted by Crippen LogP contribution is 2.02. The molecule has 4 heteroatoms. The van der Waals surface area contributed by atoms with E-state index < -0.39 is 0 Å². The van der Waals surface area contributed by atoms with E-state index in [4.69, 9.17) is 0 Å². The summed E-state index contributed by atoms with van der Waals surface area (Å²) >= 11 is 0. The zero-order chi connectivity index (χ0) is 8.23. The third-order valence-electron chi connectivity index (χ3n) is 2.09. The Morgan fingerprint density at radius 2 is 2.50 bits per heavy atom. The normalized spacial score (nSPS) is 19.7. The molecule has 0 bridgehead atoms. The lowest BCUT2D eigenvalue weighted by atomic mass is 10.2. The Labute approximate surface area is 72.0 Å². The average molecular weight is 166 g/mol. The van der Waals surface area contributed by atoms with Crippen LogP contribution in [0.15, 0.2) is 12.4 Å². The molecule has 2 N–H and O–H groups in total. The van der Waals surface area contributed by atoms with Gasteiger partial charge in [-0.2, -0.15) is 0 Å². The molecule has 1 aliphatic heterocycles. The first-order chi connectivity index (χ1) is 5.95. The molecule has 66 valence electrons. The number of imidazole rings is 1. The van der Waals surface area contributed by atoms with Crippen LogP contribution in [0, 0.1) is 0 Å². The first-order valence-corrected chi connectivity index (χ1v) is 4.42. The lowest BCUT2D eigenvalue weighted by Gasteiger charge is -2.26. The van der Waals surface area contributed by atoms with Gasteiger partial charge in [-0.3, -0.25) is 5.43 Å². The number of nitrogens with one attached hydrogen (secondary N) is 2. The molecule has 0 radical (unpaired) electrons. The van der Waals surface area contributed by atoms with E-state index in [2.05, 4.69) is 20.4 Å². The second-order valence-corrected chi connectivity index (χ2v) is 3.07. The number of hydrogen-bond acceptors (Lipinski definition) is 3. The van der Waals surface area contributed by atoms with Crippen LogP contribution in [0.2, 0.25) is 0 Å². The average Bonchev–Trinajstić information content (AvgIpc) is 2.59. The lowest BCUT2D eigenvalue weighted by molar-refractivity contribution is 0.141. The molecule has 4 nitrogen and oxygen atoms in total. The number of aromatic amines is 1. The van der Waals surface area contributed by atoms with Gasteiger partial charge in [-0.05, 0) is 12.8 Å². The topological polar surface area (TPSA) is 44.0 Å². The van der Waals surface area contributed by atoms with Crippen LogP contribution >= 0.6 is 0 Å². The Hall–Kier alpha value is -0.870. The van der Waals surface area contributed by atoms with Gasteiger partial charge in [0.2, 0.25) is 0 Å². The van der Waals surface area contributed by atoms with Crippen molar-refractivity contribution >= 4 is 0 Å². The SMILES string of the molecule is c1c[nH]c(CN2CCCCN2)n1. The first kappa shape index (κ1) is 7.76. The van der Waals surface area contributed by atoms with Gasteiger partial charge in [-0.1, -0.05) is 0 Å². The van der Waals surface area contributed by atoms with Crippen molar-refractivity contribution < 1.29 is 0 Å². The van der Waals surface area contributed by atoms with Gasteiger partial charge in [0, 0.05) is 25.5 Å². The molecule has 1 fully saturated rings. The molecule has 1 aromatic heterocycles. The summed E-state index contributed by atoms with van der Waals surface area (Å²) in [4.78, 5) is 7.26. The van der Waals surface area contributed by atoms with Crippen LogP contribution in [0.5, 0.6) is 0 Å². The van der Waals surface area contributed by atoms with Gasteiger partial charge in [0.1, 0.15) is 5.82 Å². The van der Waals surface area contributed by atoms with Gasteiger partial charge in [0.25, 0.3) is 0 Å². The van der Waals surface area contributed by atoms with E-state index in [1.807, 2.05) is 6.20 Å². The summed E-state index contributed by atoms with van der Waals surface area (Å²) < 4.78 is 0. The standard InChI is InChI=1S/C8H14N4/c1-2-6-12(11-3-1)7-8-9-4-5-10-8/h4-5,11H,1-3,6-7H2,(H,9,10). The van der Waals surface area contributed by atoms with E-state index in [0.29, 0.717) is 0 Å². The zero-order valence-corrected chi connectivity index (χ0v) is 7.08. The minimum Gasteiger partial charge on any atom is -0.347 e. The van der Waals surface area contributed by atoms with Gasteiger partial charge in [-0.25, -0.2) is 9.99 Å². The van der Waals surface area contributed by atoms with Crippen LogP contribution in [-0.4, -0.2) is 28.1 Å². The fourth-order valence-corrected chi connectivity index (χ4v) is 1.44. The molecule has 0 aliphatic carbocycles. The van der Waals surface area contributed by atoms with Crippen molar-refractivity contribution in [1.82, 2.24) is 20.4 Å². The van der Waals surface area contributed by atoms with Gasteiger partial charge in [0.05, 0.1) is 6.54 Å².